The Morgan fingerprint density at radius 2 is 2.00 bits per heavy atom. The summed E-state index contributed by atoms with van der Waals surface area (Å²) in [5.74, 6) is 1.24. The molecule has 0 aromatic carbocycles. The van der Waals surface area contributed by atoms with Gasteiger partial charge in [-0.2, -0.15) is 0 Å². The quantitative estimate of drug-likeness (QED) is 0.801. The summed E-state index contributed by atoms with van der Waals surface area (Å²) in [7, 11) is -3.12. The summed E-state index contributed by atoms with van der Waals surface area (Å²) in [6.07, 6.45) is 1.83. The lowest BCUT2D eigenvalue weighted by Crippen LogP contribution is -2.42. The zero-order valence-electron chi connectivity index (χ0n) is 12.1. The molecule has 1 rings (SSSR count). The fourth-order valence-electron chi connectivity index (χ4n) is 2.07. The van der Waals surface area contributed by atoms with Crippen LogP contribution in [0.3, 0.4) is 0 Å². The highest BCUT2D eigenvalue weighted by Crippen LogP contribution is 2.20. The van der Waals surface area contributed by atoms with E-state index in [0.717, 1.165) is 19.5 Å². The molecule has 4 nitrogen and oxygen atoms in total. The maximum Gasteiger partial charge on any atom is 0.211 e. The van der Waals surface area contributed by atoms with Crippen LogP contribution in [0.2, 0.25) is 0 Å². The number of rotatable bonds is 5. The number of nitrogens with one attached hydrogen (secondary N) is 2. The van der Waals surface area contributed by atoms with E-state index in [-0.39, 0.29) is 11.2 Å². The second kappa shape index (κ2) is 6.35. The number of hydrogen-bond donors (Lipinski definition) is 2. The van der Waals surface area contributed by atoms with E-state index in [0.29, 0.717) is 24.8 Å². The Labute approximate surface area is 112 Å². The third-order valence-electron chi connectivity index (χ3n) is 3.67. The lowest BCUT2D eigenvalue weighted by molar-refractivity contribution is 0.275. The molecule has 0 amide bonds. The van der Waals surface area contributed by atoms with Crippen molar-refractivity contribution in [2.45, 2.75) is 40.5 Å². The Kier molecular flexibility index (Phi) is 5.62. The predicted octanol–water partition coefficient (Wildman–Crippen LogP) is 1.59. The molecule has 5 heteroatoms. The molecule has 108 valence electrons. The Hall–Kier alpha value is -0.130. The van der Waals surface area contributed by atoms with Crippen LogP contribution in [0.15, 0.2) is 0 Å². The molecule has 18 heavy (non-hydrogen) atoms. The number of sulfonamides is 1. The molecular weight excluding hydrogens is 248 g/mol. The molecule has 2 atom stereocenters. The molecule has 0 saturated carbocycles. The van der Waals surface area contributed by atoms with E-state index in [1.807, 2.05) is 0 Å². The average Bonchev–Trinajstić information content (AvgIpc) is 2.25. The van der Waals surface area contributed by atoms with Gasteiger partial charge in [0.1, 0.15) is 0 Å². The molecule has 0 aliphatic carbocycles. The first-order valence-electron chi connectivity index (χ1n) is 6.88. The lowest BCUT2D eigenvalue weighted by atomic mass is 9.88. The van der Waals surface area contributed by atoms with Gasteiger partial charge in [-0.05, 0) is 43.2 Å². The van der Waals surface area contributed by atoms with E-state index >= 15 is 0 Å². The normalized spacial score (nSPS) is 26.2. The summed E-state index contributed by atoms with van der Waals surface area (Å²) in [6.45, 7) is 10.9. The van der Waals surface area contributed by atoms with Crippen LogP contribution in [-0.2, 0) is 10.0 Å². The molecule has 0 radical (unpaired) electrons. The molecule has 2 unspecified atom stereocenters. The Morgan fingerprint density at radius 3 is 2.56 bits per heavy atom. The van der Waals surface area contributed by atoms with Crippen molar-refractivity contribution in [3.05, 3.63) is 0 Å². The predicted molar refractivity (Wildman–Crippen MR) is 76.0 cm³/mol. The van der Waals surface area contributed by atoms with E-state index in [1.165, 1.54) is 0 Å². The Bertz CT molecular complexity index is 346. The van der Waals surface area contributed by atoms with Gasteiger partial charge in [-0.1, -0.05) is 27.7 Å². The van der Waals surface area contributed by atoms with Gasteiger partial charge < -0.3 is 5.32 Å². The minimum Gasteiger partial charge on any atom is -0.316 e. The van der Waals surface area contributed by atoms with Crippen molar-refractivity contribution in [3.8, 4) is 0 Å². The van der Waals surface area contributed by atoms with Crippen molar-refractivity contribution in [2.75, 3.05) is 25.4 Å². The van der Waals surface area contributed by atoms with E-state index in [4.69, 9.17) is 0 Å². The zero-order valence-corrected chi connectivity index (χ0v) is 12.9. The van der Waals surface area contributed by atoms with Crippen LogP contribution < -0.4 is 10.0 Å². The molecule has 0 aromatic rings. The van der Waals surface area contributed by atoms with Crippen LogP contribution in [0.4, 0.5) is 0 Å². The molecule has 1 fully saturated rings. The lowest BCUT2D eigenvalue weighted by Gasteiger charge is -2.29. The number of piperidine rings is 1. The molecule has 0 aromatic heterocycles. The van der Waals surface area contributed by atoms with Crippen molar-refractivity contribution in [2.24, 2.45) is 17.3 Å². The highest BCUT2D eigenvalue weighted by Gasteiger charge is 2.23. The minimum absolute atomic E-state index is 0.0639. The van der Waals surface area contributed by atoms with E-state index in [2.05, 4.69) is 37.7 Å². The SMILES string of the molecule is CC1CCNCC1CNS(=O)(=O)CCC(C)(C)C. The minimum atomic E-state index is -3.12. The Balaban J connectivity index is 2.36. The molecule has 1 heterocycles. The third-order valence-corrected chi connectivity index (χ3v) is 5.02. The van der Waals surface area contributed by atoms with Crippen molar-refractivity contribution in [1.82, 2.24) is 10.0 Å². The molecule has 1 aliphatic heterocycles. The summed E-state index contributed by atoms with van der Waals surface area (Å²) in [5, 5.41) is 3.32. The molecule has 1 aliphatic rings. The summed E-state index contributed by atoms with van der Waals surface area (Å²) in [6, 6.07) is 0. The zero-order chi connectivity index (χ0) is 13.8. The smallest absolute Gasteiger partial charge is 0.211 e. The molecule has 0 spiro atoms. The van der Waals surface area contributed by atoms with Crippen LogP contribution in [0.5, 0.6) is 0 Å². The van der Waals surface area contributed by atoms with Crippen LogP contribution in [0.1, 0.15) is 40.5 Å². The van der Waals surface area contributed by atoms with Gasteiger partial charge in [0.25, 0.3) is 0 Å². The summed E-state index contributed by atoms with van der Waals surface area (Å²) in [4.78, 5) is 0. The van der Waals surface area contributed by atoms with Crippen molar-refractivity contribution < 1.29 is 8.42 Å². The van der Waals surface area contributed by atoms with Gasteiger partial charge in [0.2, 0.25) is 10.0 Å². The molecule has 1 saturated heterocycles. The fraction of sp³-hybridized carbons (Fsp3) is 1.00. The second-order valence-corrected chi connectivity index (χ2v) is 8.63. The standard InChI is InChI=1S/C13H28N2O2S/c1-11-5-7-14-9-12(11)10-15-18(16,17)8-6-13(2,3)4/h11-12,14-15H,5-10H2,1-4H3. The Morgan fingerprint density at radius 1 is 1.33 bits per heavy atom. The topological polar surface area (TPSA) is 58.2 Å². The highest BCUT2D eigenvalue weighted by atomic mass is 32.2. The van der Waals surface area contributed by atoms with Gasteiger partial charge in [-0.3, -0.25) is 0 Å². The highest BCUT2D eigenvalue weighted by molar-refractivity contribution is 7.89. The van der Waals surface area contributed by atoms with E-state index < -0.39 is 10.0 Å². The first kappa shape index (κ1) is 15.9. The van der Waals surface area contributed by atoms with E-state index in [1.54, 1.807) is 0 Å². The van der Waals surface area contributed by atoms with Crippen LogP contribution >= 0.6 is 0 Å². The summed E-state index contributed by atoms with van der Waals surface area (Å²) < 4.78 is 26.6. The second-order valence-electron chi connectivity index (χ2n) is 6.71. The molecule has 2 N–H and O–H groups in total. The fourth-order valence-corrected chi connectivity index (χ4v) is 3.57. The number of hydrogen-bond acceptors (Lipinski definition) is 3. The van der Waals surface area contributed by atoms with Gasteiger partial charge in [-0.15, -0.1) is 0 Å². The van der Waals surface area contributed by atoms with Gasteiger partial charge >= 0.3 is 0 Å². The largest absolute Gasteiger partial charge is 0.316 e. The summed E-state index contributed by atoms with van der Waals surface area (Å²) >= 11 is 0. The van der Waals surface area contributed by atoms with Gasteiger partial charge in [-0.25, -0.2) is 13.1 Å². The summed E-state index contributed by atoms with van der Waals surface area (Å²) in [5.41, 5.74) is 0.0639. The first-order valence-corrected chi connectivity index (χ1v) is 8.53. The van der Waals surface area contributed by atoms with Crippen LogP contribution in [-0.4, -0.2) is 33.8 Å². The average molecular weight is 276 g/mol. The van der Waals surface area contributed by atoms with Crippen molar-refractivity contribution in [1.29, 1.82) is 0 Å². The van der Waals surface area contributed by atoms with Gasteiger partial charge in [0.05, 0.1) is 5.75 Å². The molecular formula is C13H28N2O2S. The van der Waals surface area contributed by atoms with Gasteiger partial charge in [0, 0.05) is 6.54 Å². The molecule has 0 bridgehead atoms. The van der Waals surface area contributed by atoms with Crippen molar-refractivity contribution in [3.63, 3.8) is 0 Å². The van der Waals surface area contributed by atoms with Crippen molar-refractivity contribution >= 4 is 10.0 Å². The van der Waals surface area contributed by atoms with Crippen LogP contribution in [0, 0.1) is 17.3 Å². The monoisotopic (exact) mass is 276 g/mol. The van der Waals surface area contributed by atoms with E-state index in [9.17, 15) is 8.42 Å². The third kappa shape index (κ3) is 6.16. The first-order chi connectivity index (χ1) is 8.20. The van der Waals surface area contributed by atoms with Crippen LogP contribution in [0.25, 0.3) is 0 Å². The maximum atomic E-state index is 11.9. The van der Waals surface area contributed by atoms with Gasteiger partial charge in [0.15, 0.2) is 0 Å². The maximum absolute atomic E-state index is 11.9.